The van der Waals surface area contributed by atoms with E-state index in [2.05, 4.69) is 34.7 Å². The Morgan fingerprint density at radius 3 is 1.70 bits per heavy atom. The standard InChI is InChI=1S/C23H27N3S/c27-16-10-4-2-1-3-5-11-19-17-22(20-12-6-8-14-24-20)26-23(18-19)21-13-7-9-15-25-21/h6-9,12-15,17-18,27H,1-5,10-11,16H2. The predicted octanol–water partition coefficient (Wildman–Crippen LogP) is 6.02. The van der Waals surface area contributed by atoms with Gasteiger partial charge in [0.1, 0.15) is 0 Å². The maximum absolute atomic E-state index is 4.82. The van der Waals surface area contributed by atoms with Crippen LogP contribution in [0, 0.1) is 0 Å². The van der Waals surface area contributed by atoms with Gasteiger partial charge < -0.3 is 0 Å². The molecule has 0 aliphatic heterocycles. The summed E-state index contributed by atoms with van der Waals surface area (Å²) in [5.74, 6) is 1.00. The minimum Gasteiger partial charge on any atom is -0.255 e. The molecule has 0 saturated heterocycles. The summed E-state index contributed by atoms with van der Waals surface area (Å²) in [5.41, 5.74) is 4.96. The number of thiol groups is 1. The lowest BCUT2D eigenvalue weighted by atomic mass is 10.0. The lowest BCUT2D eigenvalue weighted by molar-refractivity contribution is 0.609. The zero-order chi connectivity index (χ0) is 18.7. The second-order valence-corrected chi connectivity index (χ2v) is 7.22. The minimum absolute atomic E-state index is 0.906. The highest BCUT2D eigenvalue weighted by Gasteiger charge is 2.08. The summed E-state index contributed by atoms with van der Waals surface area (Å²) in [5, 5.41) is 0. The highest BCUT2D eigenvalue weighted by molar-refractivity contribution is 7.80. The molecule has 0 aliphatic rings. The highest BCUT2D eigenvalue weighted by Crippen LogP contribution is 2.23. The monoisotopic (exact) mass is 377 g/mol. The molecule has 140 valence electrons. The van der Waals surface area contributed by atoms with Crippen molar-refractivity contribution in [3.8, 4) is 22.8 Å². The maximum Gasteiger partial charge on any atom is 0.0897 e. The third-order valence-corrected chi connectivity index (χ3v) is 4.93. The van der Waals surface area contributed by atoms with Crippen molar-refractivity contribution in [2.75, 3.05) is 5.75 Å². The lowest BCUT2D eigenvalue weighted by Crippen LogP contribution is -1.96. The van der Waals surface area contributed by atoms with Crippen LogP contribution in [-0.2, 0) is 6.42 Å². The van der Waals surface area contributed by atoms with Gasteiger partial charge in [0.25, 0.3) is 0 Å². The van der Waals surface area contributed by atoms with Crippen molar-refractivity contribution < 1.29 is 0 Å². The fraction of sp³-hybridized carbons (Fsp3) is 0.348. The topological polar surface area (TPSA) is 38.7 Å². The van der Waals surface area contributed by atoms with Crippen LogP contribution in [0.4, 0.5) is 0 Å². The van der Waals surface area contributed by atoms with Crippen LogP contribution >= 0.6 is 12.6 Å². The molecule has 4 heteroatoms. The third-order valence-electron chi connectivity index (χ3n) is 4.61. The molecule has 0 N–H and O–H groups in total. The van der Waals surface area contributed by atoms with Gasteiger partial charge in [-0.25, -0.2) is 4.98 Å². The van der Waals surface area contributed by atoms with Crippen LogP contribution in [0.25, 0.3) is 22.8 Å². The average Bonchev–Trinajstić information content (AvgIpc) is 2.74. The van der Waals surface area contributed by atoms with Crippen LogP contribution in [0.2, 0.25) is 0 Å². The van der Waals surface area contributed by atoms with Crippen LogP contribution in [0.15, 0.2) is 60.9 Å². The van der Waals surface area contributed by atoms with Crippen LogP contribution in [0.1, 0.15) is 44.1 Å². The minimum atomic E-state index is 0.906. The second-order valence-electron chi connectivity index (χ2n) is 6.77. The molecule has 3 nitrogen and oxygen atoms in total. The molecule has 0 radical (unpaired) electrons. The SMILES string of the molecule is SCCCCCCCCc1cc(-c2ccccn2)nc(-c2ccccn2)c1. The Morgan fingerprint density at radius 2 is 1.19 bits per heavy atom. The van der Waals surface area contributed by atoms with E-state index in [1.807, 2.05) is 48.8 Å². The molecule has 3 aromatic heterocycles. The fourth-order valence-electron chi connectivity index (χ4n) is 3.17. The van der Waals surface area contributed by atoms with E-state index >= 15 is 0 Å². The highest BCUT2D eigenvalue weighted by atomic mass is 32.1. The van der Waals surface area contributed by atoms with E-state index < -0.39 is 0 Å². The van der Waals surface area contributed by atoms with Crippen molar-refractivity contribution in [2.24, 2.45) is 0 Å². The molecule has 0 bridgehead atoms. The maximum atomic E-state index is 4.82. The molecule has 0 aliphatic carbocycles. The quantitative estimate of drug-likeness (QED) is 0.347. The van der Waals surface area contributed by atoms with Gasteiger partial charge in [0.2, 0.25) is 0 Å². The van der Waals surface area contributed by atoms with Crippen molar-refractivity contribution in [1.29, 1.82) is 0 Å². The Hall–Kier alpha value is -2.20. The van der Waals surface area contributed by atoms with Crippen LogP contribution in [0.5, 0.6) is 0 Å². The zero-order valence-electron chi connectivity index (χ0n) is 15.7. The van der Waals surface area contributed by atoms with Crippen molar-refractivity contribution in [3.63, 3.8) is 0 Å². The number of rotatable bonds is 10. The van der Waals surface area contributed by atoms with Gasteiger partial charge in [0, 0.05) is 12.4 Å². The van der Waals surface area contributed by atoms with Crippen LogP contribution in [0.3, 0.4) is 0 Å². The van der Waals surface area contributed by atoms with E-state index in [9.17, 15) is 0 Å². The van der Waals surface area contributed by atoms with E-state index in [-0.39, 0.29) is 0 Å². The summed E-state index contributed by atoms with van der Waals surface area (Å²) in [7, 11) is 0. The fourth-order valence-corrected chi connectivity index (χ4v) is 3.39. The van der Waals surface area contributed by atoms with Gasteiger partial charge >= 0.3 is 0 Å². The molecule has 0 atom stereocenters. The normalized spacial score (nSPS) is 10.9. The van der Waals surface area contributed by atoms with Gasteiger partial charge in [-0.05, 0) is 67.0 Å². The summed E-state index contributed by atoms with van der Waals surface area (Å²) >= 11 is 4.27. The van der Waals surface area contributed by atoms with Crippen molar-refractivity contribution >= 4 is 12.6 Å². The summed E-state index contributed by atoms with van der Waals surface area (Å²) in [6.45, 7) is 0. The molecule has 0 unspecified atom stereocenters. The molecule has 0 fully saturated rings. The number of hydrogen-bond acceptors (Lipinski definition) is 4. The third kappa shape index (κ3) is 6.17. The molecule has 0 amide bonds. The Bertz CT molecular complexity index is 749. The van der Waals surface area contributed by atoms with Gasteiger partial charge in [-0.15, -0.1) is 0 Å². The van der Waals surface area contributed by atoms with E-state index in [0.717, 1.165) is 34.9 Å². The van der Waals surface area contributed by atoms with E-state index in [4.69, 9.17) is 4.98 Å². The van der Waals surface area contributed by atoms with Gasteiger partial charge in [-0.2, -0.15) is 12.6 Å². The average molecular weight is 378 g/mol. The van der Waals surface area contributed by atoms with Gasteiger partial charge in [-0.1, -0.05) is 37.8 Å². The number of unbranched alkanes of at least 4 members (excludes halogenated alkanes) is 5. The van der Waals surface area contributed by atoms with Gasteiger partial charge in [0.05, 0.1) is 22.8 Å². The zero-order valence-corrected chi connectivity index (χ0v) is 16.6. The first kappa shape index (κ1) is 19.6. The predicted molar refractivity (Wildman–Crippen MR) is 116 cm³/mol. The van der Waals surface area contributed by atoms with E-state index in [0.29, 0.717) is 0 Å². The first-order valence-corrected chi connectivity index (χ1v) is 10.4. The first-order valence-electron chi connectivity index (χ1n) is 9.81. The summed E-state index contributed by atoms with van der Waals surface area (Å²) in [6.07, 6.45) is 12.3. The molecule has 0 saturated carbocycles. The van der Waals surface area contributed by atoms with Crippen LogP contribution < -0.4 is 0 Å². The second kappa shape index (κ2) is 10.8. The Morgan fingerprint density at radius 1 is 0.630 bits per heavy atom. The summed E-state index contributed by atoms with van der Waals surface area (Å²) < 4.78 is 0. The summed E-state index contributed by atoms with van der Waals surface area (Å²) in [4.78, 5) is 13.8. The van der Waals surface area contributed by atoms with Crippen LogP contribution in [-0.4, -0.2) is 20.7 Å². The Kier molecular flexibility index (Phi) is 7.84. The largest absolute Gasteiger partial charge is 0.255 e. The van der Waals surface area contributed by atoms with Gasteiger partial charge in [0.15, 0.2) is 0 Å². The molecule has 0 spiro atoms. The Labute approximate surface area is 167 Å². The summed E-state index contributed by atoms with van der Waals surface area (Å²) in [6, 6.07) is 16.2. The van der Waals surface area contributed by atoms with Crippen molar-refractivity contribution in [3.05, 3.63) is 66.5 Å². The van der Waals surface area contributed by atoms with Crippen molar-refractivity contribution in [1.82, 2.24) is 15.0 Å². The molecule has 0 aromatic carbocycles. The smallest absolute Gasteiger partial charge is 0.0897 e. The Balaban J connectivity index is 1.73. The lowest BCUT2D eigenvalue weighted by Gasteiger charge is -2.09. The molecule has 27 heavy (non-hydrogen) atoms. The number of hydrogen-bond donors (Lipinski definition) is 1. The molecule has 3 heterocycles. The number of pyridine rings is 3. The molecular formula is C23H27N3S. The number of aryl methyl sites for hydroxylation is 1. The van der Waals surface area contributed by atoms with E-state index in [1.165, 1.54) is 44.1 Å². The molecular weight excluding hydrogens is 350 g/mol. The van der Waals surface area contributed by atoms with E-state index in [1.54, 1.807) is 0 Å². The molecule has 3 rings (SSSR count). The first-order chi connectivity index (χ1) is 13.4. The number of aromatic nitrogens is 3. The van der Waals surface area contributed by atoms with Gasteiger partial charge in [-0.3, -0.25) is 9.97 Å². The van der Waals surface area contributed by atoms with Crippen molar-refractivity contribution in [2.45, 2.75) is 44.9 Å². The molecule has 3 aromatic rings. The number of nitrogens with zero attached hydrogens (tertiary/aromatic N) is 3.